The van der Waals surface area contributed by atoms with Crippen molar-refractivity contribution in [2.45, 2.75) is 13.8 Å². The molecule has 102 valence electrons. The van der Waals surface area contributed by atoms with Gasteiger partial charge in [0.25, 0.3) is 0 Å². The van der Waals surface area contributed by atoms with E-state index >= 15 is 0 Å². The second kappa shape index (κ2) is 4.49. The molecular formula is C13H13ClFNO3. The highest BCUT2D eigenvalue weighted by molar-refractivity contribution is 6.30. The standard InChI is InChI=1S/C13H13ClFNO3/c1-13(2)9(10(13)12(18)19)11(17)16-8-5-6(14)3-4-7(8)15/h3-5,9-10H,1-2H3,(H,16,17)(H,18,19)/t9-,10+/m1/s1. The van der Waals surface area contributed by atoms with Crippen LogP contribution in [0.3, 0.4) is 0 Å². The number of hydrogen-bond donors (Lipinski definition) is 2. The molecule has 1 aliphatic carbocycles. The van der Waals surface area contributed by atoms with Crippen LogP contribution in [0, 0.1) is 23.1 Å². The molecule has 0 radical (unpaired) electrons. The van der Waals surface area contributed by atoms with Crippen LogP contribution < -0.4 is 5.32 Å². The molecule has 0 saturated heterocycles. The lowest BCUT2D eigenvalue weighted by atomic mass is 10.1. The summed E-state index contributed by atoms with van der Waals surface area (Å²) in [5.74, 6) is -3.53. The first-order valence-corrected chi connectivity index (χ1v) is 6.11. The molecule has 0 spiro atoms. The highest BCUT2D eigenvalue weighted by atomic mass is 35.5. The Hall–Kier alpha value is -1.62. The second-order valence-electron chi connectivity index (χ2n) is 5.23. The van der Waals surface area contributed by atoms with Gasteiger partial charge in [-0.25, -0.2) is 4.39 Å². The number of hydrogen-bond acceptors (Lipinski definition) is 2. The molecule has 0 aliphatic heterocycles. The maximum Gasteiger partial charge on any atom is 0.307 e. The van der Waals surface area contributed by atoms with E-state index in [9.17, 15) is 14.0 Å². The van der Waals surface area contributed by atoms with Gasteiger partial charge in [-0.2, -0.15) is 0 Å². The summed E-state index contributed by atoms with van der Waals surface area (Å²) in [6.07, 6.45) is 0. The number of rotatable bonds is 3. The summed E-state index contributed by atoms with van der Waals surface area (Å²) in [6.45, 7) is 3.40. The fourth-order valence-corrected chi connectivity index (χ4v) is 2.56. The number of carboxylic acid groups (broad SMARTS) is 1. The molecule has 19 heavy (non-hydrogen) atoms. The maximum absolute atomic E-state index is 13.5. The topological polar surface area (TPSA) is 66.4 Å². The largest absolute Gasteiger partial charge is 0.481 e. The predicted molar refractivity (Wildman–Crippen MR) is 68.4 cm³/mol. The quantitative estimate of drug-likeness (QED) is 0.897. The molecule has 6 heteroatoms. The van der Waals surface area contributed by atoms with Gasteiger partial charge >= 0.3 is 5.97 Å². The van der Waals surface area contributed by atoms with Gasteiger partial charge in [-0.15, -0.1) is 0 Å². The molecule has 1 saturated carbocycles. The highest BCUT2D eigenvalue weighted by Gasteiger charge is 2.65. The zero-order valence-electron chi connectivity index (χ0n) is 10.4. The molecule has 0 aromatic heterocycles. The van der Waals surface area contributed by atoms with Gasteiger partial charge in [0.05, 0.1) is 17.5 Å². The van der Waals surface area contributed by atoms with Crippen molar-refractivity contribution in [3.8, 4) is 0 Å². The average molecular weight is 286 g/mol. The van der Waals surface area contributed by atoms with Crippen molar-refractivity contribution in [2.24, 2.45) is 17.3 Å². The third-order valence-electron chi connectivity index (χ3n) is 3.56. The minimum atomic E-state index is -1.02. The molecule has 1 fully saturated rings. The molecular weight excluding hydrogens is 273 g/mol. The van der Waals surface area contributed by atoms with Gasteiger partial charge in [-0.05, 0) is 23.6 Å². The Kier molecular flexibility index (Phi) is 3.26. The van der Waals surface area contributed by atoms with Crippen molar-refractivity contribution in [1.29, 1.82) is 0 Å². The summed E-state index contributed by atoms with van der Waals surface area (Å²) in [4.78, 5) is 23.0. The van der Waals surface area contributed by atoms with Crippen molar-refractivity contribution >= 4 is 29.2 Å². The van der Waals surface area contributed by atoms with Crippen LogP contribution >= 0.6 is 11.6 Å². The molecule has 2 N–H and O–H groups in total. The molecule has 1 amide bonds. The van der Waals surface area contributed by atoms with Gasteiger partial charge in [0.2, 0.25) is 5.91 Å². The molecule has 0 heterocycles. The Morgan fingerprint density at radius 2 is 2.00 bits per heavy atom. The van der Waals surface area contributed by atoms with Crippen LogP contribution in [-0.2, 0) is 9.59 Å². The normalized spacial score (nSPS) is 23.8. The summed E-state index contributed by atoms with van der Waals surface area (Å²) in [6, 6.07) is 3.80. The summed E-state index contributed by atoms with van der Waals surface area (Å²) in [7, 11) is 0. The summed E-state index contributed by atoms with van der Waals surface area (Å²) in [5, 5.41) is 11.7. The first kappa shape index (κ1) is 13.8. The fraction of sp³-hybridized carbons (Fsp3) is 0.385. The first-order chi connectivity index (χ1) is 8.75. The number of nitrogens with one attached hydrogen (secondary N) is 1. The SMILES string of the molecule is CC1(C)[C@H](C(=O)O)[C@@H]1C(=O)Nc1cc(Cl)ccc1F. The highest BCUT2D eigenvalue weighted by Crippen LogP contribution is 2.58. The molecule has 0 unspecified atom stereocenters. The monoisotopic (exact) mass is 285 g/mol. The Balaban J connectivity index is 2.15. The third-order valence-corrected chi connectivity index (χ3v) is 3.80. The van der Waals surface area contributed by atoms with Crippen LogP contribution in [0.1, 0.15) is 13.8 Å². The van der Waals surface area contributed by atoms with Crippen molar-refractivity contribution in [2.75, 3.05) is 5.32 Å². The molecule has 0 bridgehead atoms. The van der Waals surface area contributed by atoms with Gasteiger partial charge in [0.1, 0.15) is 5.82 Å². The zero-order valence-corrected chi connectivity index (χ0v) is 11.2. The second-order valence-corrected chi connectivity index (χ2v) is 5.66. The van der Waals surface area contributed by atoms with Crippen molar-refractivity contribution in [3.05, 3.63) is 29.0 Å². The van der Waals surface area contributed by atoms with E-state index in [0.717, 1.165) is 6.07 Å². The lowest BCUT2D eigenvalue weighted by Crippen LogP contribution is -2.18. The summed E-state index contributed by atoms with van der Waals surface area (Å²) in [5.41, 5.74) is -0.658. The molecule has 2 atom stereocenters. The van der Waals surface area contributed by atoms with Crippen LogP contribution in [0.5, 0.6) is 0 Å². The Labute approximate surface area is 114 Å². The number of carbonyl (C=O) groups excluding carboxylic acids is 1. The zero-order chi connectivity index (χ0) is 14.4. The van der Waals surface area contributed by atoms with E-state index in [0.29, 0.717) is 5.02 Å². The van der Waals surface area contributed by atoms with Gasteiger partial charge in [-0.3, -0.25) is 9.59 Å². The molecule has 1 aromatic rings. The van der Waals surface area contributed by atoms with E-state index in [1.54, 1.807) is 13.8 Å². The number of amides is 1. The van der Waals surface area contributed by atoms with E-state index in [1.807, 2.05) is 0 Å². The van der Waals surface area contributed by atoms with Crippen molar-refractivity contribution < 1.29 is 19.1 Å². The smallest absolute Gasteiger partial charge is 0.307 e. The summed E-state index contributed by atoms with van der Waals surface area (Å²) >= 11 is 5.72. The summed E-state index contributed by atoms with van der Waals surface area (Å²) < 4.78 is 13.5. The molecule has 2 rings (SSSR count). The lowest BCUT2D eigenvalue weighted by molar-refractivity contribution is -0.140. The van der Waals surface area contributed by atoms with Crippen molar-refractivity contribution in [3.63, 3.8) is 0 Å². The Morgan fingerprint density at radius 1 is 1.37 bits per heavy atom. The third kappa shape index (κ3) is 2.42. The molecule has 1 aliphatic rings. The van der Waals surface area contributed by atoms with E-state index in [1.165, 1.54) is 12.1 Å². The number of halogens is 2. The number of benzene rings is 1. The van der Waals surface area contributed by atoms with Gasteiger partial charge in [0.15, 0.2) is 0 Å². The van der Waals surface area contributed by atoms with Gasteiger partial charge in [0, 0.05) is 5.02 Å². The number of aliphatic carboxylic acids is 1. The van der Waals surface area contributed by atoms with Crippen molar-refractivity contribution in [1.82, 2.24) is 0 Å². The average Bonchev–Trinajstić information content (AvgIpc) is 2.87. The van der Waals surface area contributed by atoms with E-state index in [-0.39, 0.29) is 5.69 Å². The minimum Gasteiger partial charge on any atom is -0.481 e. The Bertz CT molecular complexity index is 559. The fourth-order valence-electron chi connectivity index (χ4n) is 2.39. The van der Waals surface area contributed by atoms with Crippen LogP contribution in [0.15, 0.2) is 18.2 Å². The van der Waals surface area contributed by atoms with E-state index in [4.69, 9.17) is 16.7 Å². The number of anilines is 1. The van der Waals surface area contributed by atoms with Crippen LogP contribution in [-0.4, -0.2) is 17.0 Å². The van der Waals surface area contributed by atoms with Gasteiger partial charge < -0.3 is 10.4 Å². The van der Waals surface area contributed by atoms with Gasteiger partial charge in [-0.1, -0.05) is 25.4 Å². The Morgan fingerprint density at radius 3 is 2.53 bits per heavy atom. The first-order valence-electron chi connectivity index (χ1n) is 5.74. The minimum absolute atomic E-state index is 0.0376. The molecule has 4 nitrogen and oxygen atoms in total. The van der Waals surface area contributed by atoms with Crippen LogP contribution in [0.2, 0.25) is 5.02 Å². The predicted octanol–water partition coefficient (Wildman–Crippen LogP) is 2.77. The number of carboxylic acids is 1. The van der Waals surface area contributed by atoms with Crippen LogP contribution in [0.4, 0.5) is 10.1 Å². The number of carbonyl (C=O) groups is 2. The van der Waals surface area contributed by atoms with E-state index in [2.05, 4.69) is 5.32 Å². The lowest BCUT2D eigenvalue weighted by Gasteiger charge is -2.07. The van der Waals surface area contributed by atoms with Crippen LogP contribution in [0.25, 0.3) is 0 Å². The van der Waals surface area contributed by atoms with E-state index < -0.39 is 34.9 Å². The molecule has 1 aromatic carbocycles. The maximum atomic E-state index is 13.5.